The molecule has 1 atom stereocenters. The number of para-hydroxylation sites is 1. The maximum atomic E-state index is 6.05. The number of halogens is 1. The second-order valence-corrected chi connectivity index (χ2v) is 6.87. The highest BCUT2D eigenvalue weighted by Gasteiger charge is 2.24. The van der Waals surface area contributed by atoms with Gasteiger partial charge in [0.2, 0.25) is 0 Å². The molecule has 0 aliphatic carbocycles. The van der Waals surface area contributed by atoms with Crippen LogP contribution in [-0.2, 0) is 0 Å². The average molecular weight is 313 g/mol. The predicted molar refractivity (Wildman–Crippen MR) is 82.8 cm³/mol. The van der Waals surface area contributed by atoms with Gasteiger partial charge in [0.25, 0.3) is 0 Å². The zero-order valence-corrected chi connectivity index (χ0v) is 13.8. The summed E-state index contributed by atoms with van der Waals surface area (Å²) in [6.07, 6.45) is 0. The lowest BCUT2D eigenvalue weighted by Crippen LogP contribution is -2.28. The normalized spacial score (nSPS) is 13.7. The molecule has 0 radical (unpaired) electrons. The largest absolute Gasteiger partial charge is 0.493 e. The molecule has 18 heavy (non-hydrogen) atoms. The Morgan fingerprint density at radius 2 is 1.78 bits per heavy atom. The molecule has 1 aromatic carbocycles. The van der Waals surface area contributed by atoms with Gasteiger partial charge in [0.15, 0.2) is 0 Å². The second-order valence-electron chi connectivity index (χ2n) is 6.22. The van der Waals surface area contributed by atoms with Gasteiger partial charge >= 0.3 is 0 Å². The van der Waals surface area contributed by atoms with Crippen molar-refractivity contribution < 1.29 is 4.74 Å². The molecule has 1 unspecified atom stereocenters. The fraction of sp³-hybridized carbons (Fsp3) is 0.625. The molecule has 1 aromatic rings. The van der Waals surface area contributed by atoms with Crippen LogP contribution in [0.3, 0.4) is 0 Å². The van der Waals surface area contributed by atoms with E-state index in [1.54, 1.807) is 0 Å². The van der Waals surface area contributed by atoms with Crippen LogP contribution in [0.5, 0.6) is 5.75 Å². The molecule has 0 bridgehead atoms. The molecule has 102 valence electrons. The van der Waals surface area contributed by atoms with Crippen molar-refractivity contribution in [3.05, 3.63) is 29.8 Å². The van der Waals surface area contributed by atoms with Crippen molar-refractivity contribution >= 4 is 15.9 Å². The Bertz CT molecular complexity index is 366. The molecule has 1 nitrogen and oxygen atoms in total. The Hall–Kier alpha value is -0.500. The standard InChI is InChI=1S/C16H25BrO/c1-12(2)14-8-6-7-9-15(14)18-11-13(10-17)16(3,4)5/h6-9,12-13H,10-11H2,1-5H3. The summed E-state index contributed by atoms with van der Waals surface area (Å²) < 4.78 is 6.05. The lowest BCUT2D eigenvalue weighted by atomic mass is 9.83. The fourth-order valence-electron chi connectivity index (χ4n) is 1.81. The predicted octanol–water partition coefficient (Wildman–Crippen LogP) is 5.25. The maximum absolute atomic E-state index is 6.05. The molecule has 0 N–H and O–H groups in total. The van der Waals surface area contributed by atoms with Gasteiger partial charge in [-0.1, -0.05) is 68.7 Å². The van der Waals surface area contributed by atoms with E-state index in [-0.39, 0.29) is 5.41 Å². The first-order valence-electron chi connectivity index (χ1n) is 6.64. The molecule has 0 heterocycles. The second kappa shape index (κ2) is 6.60. The Morgan fingerprint density at radius 1 is 1.17 bits per heavy atom. The number of ether oxygens (including phenoxy) is 1. The smallest absolute Gasteiger partial charge is 0.122 e. The van der Waals surface area contributed by atoms with Gasteiger partial charge in [0, 0.05) is 11.2 Å². The molecule has 2 heteroatoms. The summed E-state index contributed by atoms with van der Waals surface area (Å²) >= 11 is 3.59. The number of rotatable bonds is 5. The number of benzene rings is 1. The van der Waals surface area contributed by atoms with Gasteiger partial charge in [-0.2, -0.15) is 0 Å². The number of alkyl halides is 1. The molecule has 1 rings (SSSR count). The molecular formula is C16H25BrO. The summed E-state index contributed by atoms with van der Waals surface area (Å²) in [7, 11) is 0. The Kier molecular flexibility index (Phi) is 5.71. The van der Waals surface area contributed by atoms with Crippen LogP contribution < -0.4 is 4.74 Å². The monoisotopic (exact) mass is 312 g/mol. The van der Waals surface area contributed by atoms with Crippen LogP contribution in [0.25, 0.3) is 0 Å². The molecule has 0 spiro atoms. The summed E-state index contributed by atoms with van der Waals surface area (Å²) in [6, 6.07) is 8.35. The van der Waals surface area contributed by atoms with Gasteiger partial charge in [-0.3, -0.25) is 0 Å². The van der Waals surface area contributed by atoms with Crippen molar-refractivity contribution in [2.75, 3.05) is 11.9 Å². The summed E-state index contributed by atoms with van der Waals surface area (Å²) in [6.45, 7) is 11.9. The third-order valence-electron chi connectivity index (χ3n) is 3.39. The van der Waals surface area contributed by atoms with Crippen molar-refractivity contribution in [3.8, 4) is 5.75 Å². The van der Waals surface area contributed by atoms with Crippen molar-refractivity contribution in [3.63, 3.8) is 0 Å². The Labute approximate surface area is 120 Å². The molecular weight excluding hydrogens is 288 g/mol. The molecule has 0 saturated carbocycles. The molecule has 0 amide bonds. The first-order chi connectivity index (χ1) is 8.36. The quantitative estimate of drug-likeness (QED) is 0.675. The van der Waals surface area contributed by atoms with Crippen molar-refractivity contribution in [1.29, 1.82) is 0 Å². The highest BCUT2D eigenvalue weighted by atomic mass is 79.9. The lowest BCUT2D eigenvalue weighted by Gasteiger charge is -2.29. The van der Waals surface area contributed by atoms with E-state index in [4.69, 9.17) is 4.74 Å². The van der Waals surface area contributed by atoms with Gasteiger partial charge < -0.3 is 4.74 Å². The van der Waals surface area contributed by atoms with Gasteiger partial charge in [0.1, 0.15) is 5.75 Å². The molecule has 0 fully saturated rings. The summed E-state index contributed by atoms with van der Waals surface area (Å²) in [5.41, 5.74) is 1.55. The minimum atomic E-state index is 0.260. The van der Waals surface area contributed by atoms with Crippen LogP contribution in [0.15, 0.2) is 24.3 Å². The first kappa shape index (κ1) is 15.6. The number of hydrogen-bond donors (Lipinski definition) is 0. The van der Waals surface area contributed by atoms with Gasteiger partial charge in [-0.05, 0) is 23.0 Å². The molecule has 0 aromatic heterocycles. The van der Waals surface area contributed by atoms with E-state index in [1.165, 1.54) is 5.56 Å². The highest BCUT2D eigenvalue weighted by molar-refractivity contribution is 9.09. The van der Waals surface area contributed by atoms with Crippen LogP contribution in [0, 0.1) is 11.3 Å². The molecule has 0 aliphatic heterocycles. The summed E-state index contributed by atoms with van der Waals surface area (Å²) in [4.78, 5) is 0. The summed E-state index contributed by atoms with van der Waals surface area (Å²) in [5.74, 6) is 2.04. The van der Waals surface area contributed by atoms with Gasteiger partial charge in [-0.25, -0.2) is 0 Å². The van der Waals surface area contributed by atoms with Crippen LogP contribution in [-0.4, -0.2) is 11.9 Å². The van der Waals surface area contributed by atoms with Crippen LogP contribution in [0.1, 0.15) is 46.1 Å². The van der Waals surface area contributed by atoms with E-state index in [0.29, 0.717) is 11.8 Å². The average Bonchev–Trinajstić information content (AvgIpc) is 2.28. The van der Waals surface area contributed by atoms with Gasteiger partial charge in [0.05, 0.1) is 6.61 Å². The van der Waals surface area contributed by atoms with E-state index in [9.17, 15) is 0 Å². The molecule has 0 aliphatic rings. The lowest BCUT2D eigenvalue weighted by molar-refractivity contribution is 0.165. The van der Waals surface area contributed by atoms with Crippen molar-refractivity contribution in [2.24, 2.45) is 11.3 Å². The van der Waals surface area contributed by atoms with Crippen molar-refractivity contribution in [1.82, 2.24) is 0 Å². The van der Waals surface area contributed by atoms with Crippen molar-refractivity contribution in [2.45, 2.75) is 40.5 Å². The zero-order valence-electron chi connectivity index (χ0n) is 12.2. The van der Waals surface area contributed by atoms with E-state index < -0.39 is 0 Å². The Morgan fingerprint density at radius 3 is 2.28 bits per heavy atom. The van der Waals surface area contributed by atoms with Crippen LogP contribution in [0.2, 0.25) is 0 Å². The van der Waals surface area contributed by atoms with E-state index in [2.05, 4.69) is 68.7 Å². The van der Waals surface area contributed by atoms with E-state index >= 15 is 0 Å². The van der Waals surface area contributed by atoms with E-state index in [0.717, 1.165) is 17.7 Å². The number of hydrogen-bond acceptors (Lipinski definition) is 1. The van der Waals surface area contributed by atoms with Crippen LogP contribution >= 0.6 is 15.9 Å². The molecule has 0 saturated heterocycles. The fourth-order valence-corrected chi connectivity index (χ4v) is 2.96. The SMILES string of the molecule is CC(C)c1ccccc1OCC(CBr)C(C)(C)C. The van der Waals surface area contributed by atoms with Gasteiger partial charge in [-0.15, -0.1) is 0 Å². The maximum Gasteiger partial charge on any atom is 0.122 e. The minimum Gasteiger partial charge on any atom is -0.493 e. The van der Waals surface area contributed by atoms with E-state index in [1.807, 2.05) is 6.07 Å². The third kappa shape index (κ3) is 4.31. The highest BCUT2D eigenvalue weighted by Crippen LogP contribution is 2.30. The summed E-state index contributed by atoms with van der Waals surface area (Å²) in [5, 5.41) is 0.973. The Balaban J connectivity index is 2.74. The first-order valence-corrected chi connectivity index (χ1v) is 7.76. The minimum absolute atomic E-state index is 0.260. The third-order valence-corrected chi connectivity index (χ3v) is 4.17. The van der Waals surface area contributed by atoms with Crippen LogP contribution in [0.4, 0.5) is 0 Å². The zero-order chi connectivity index (χ0) is 13.8. The topological polar surface area (TPSA) is 9.23 Å².